The Kier molecular flexibility index (Phi) is 2.75. The smallest absolute Gasteiger partial charge is 0.173 e. The maximum Gasteiger partial charge on any atom is 0.173 e. The lowest BCUT2D eigenvalue weighted by atomic mass is 9.68. The van der Waals surface area contributed by atoms with Gasteiger partial charge in [-0.2, -0.15) is 5.10 Å². The number of nitrogens with zero attached hydrogens (tertiary/aromatic N) is 5. The van der Waals surface area contributed by atoms with Crippen molar-refractivity contribution in [2.75, 3.05) is 11.4 Å². The summed E-state index contributed by atoms with van der Waals surface area (Å²) in [6.07, 6.45) is 14.4. The summed E-state index contributed by atoms with van der Waals surface area (Å²) in [5.74, 6) is 4.61. The van der Waals surface area contributed by atoms with E-state index in [0.717, 1.165) is 35.9 Å². The first kappa shape index (κ1) is 12.6. The molecule has 2 saturated heterocycles. The zero-order chi connectivity index (χ0) is 14.5. The minimum absolute atomic E-state index is 0.665. The van der Waals surface area contributed by atoms with Gasteiger partial charge in [-0.3, -0.25) is 4.98 Å². The molecule has 0 N–H and O–H groups in total. The Morgan fingerprint density at radius 1 is 0.909 bits per heavy atom. The number of hydrogen-bond acceptors (Lipinski definition) is 4. The van der Waals surface area contributed by atoms with Crippen molar-refractivity contribution in [2.24, 2.45) is 17.8 Å². The summed E-state index contributed by atoms with van der Waals surface area (Å²) in [6.45, 7) is 1.16. The van der Waals surface area contributed by atoms with Crippen molar-refractivity contribution in [3.8, 4) is 5.82 Å². The fourth-order valence-corrected chi connectivity index (χ4v) is 5.06. The van der Waals surface area contributed by atoms with Crippen molar-refractivity contribution in [1.29, 1.82) is 0 Å². The Bertz CT molecular complexity index is 653. The first-order chi connectivity index (χ1) is 10.8. The molecule has 2 unspecified atom stereocenters. The lowest BCUT2D eigenvalue weighted by Gasteiger charge is -2.39. The molecule has 0 aromatic carbocycles. The second-order valence-corrected chi connectivity index (χ2v) is 7.27. The fraction of sp³-hybridized carbons (Fsp3) is 0.588. The van der Waals surface area contributed by atoms with Crippen molar-refractivity contribution in [1.82, 2.24) is 19.7 Å². The van der Waals surface area contributed by atoms with Gasteiger partial charge in [0.05, 0.1) is 12.4 Å². The lowest BCUT2D eigenvalue weighted by Crippen LogP contribution is -2.38. The van der Waals surface area contributed by atoms with Crippen molar-refractivity contribution in [3.05, 3.63) is 30.9 Å². The Balaban J connectivity index is 1.50. The molecule has 6 rings (SSSR count). The molecule has 0 radical (unpaired) electrons. The van der Waals surface area contributed by atoms with Gasteiger partial charge < -0.3 is 4.90 Å². The number of anilines is 1. The predicted octanol–water partition coefficient (Wildman–Crippen LogP) is 2.68. The van der Waals surface area contributed by atoms with Gasteiger partial charge in [-0.1, -0.05) is 0 Å². The number of rotatable bonds is 2. The summed E-state index contributed by atoms with van der Waals surface area (Å²) >= 11 is 0. The van der Waals surface area contributed by atoms with Crippen molar-refractivity contribution >= 4 is 5.82 Å². The summed E-state index contributed by atoms with van der Waals surface area (Å²) in [7, 11) is 0. The first-order valence-corrected chi connectivity index (χ1v) is 8.44. The van der Waals surface area contributed by atoms with Crippen LogP contribution in [0.1, 0.15) is 32.1 Å². The average molecular weight is 295 g/mol. The summed E-state index contributed by atoms with van der Waals surface area (Å²) in [6, 6.07) is 2.58. The standard InChI is InChI=1S/C17H21N5/c1-2-19-22(3-1)17-10-18-9-16(20-17)21-11-14-5-12-4-13(6-14)8-15(21)7-12/h1-3,9-10,12-15H,4-8,11H2/t12-,13+,14?,15?. The van der Waals surface area contributed by atoms with Crippen molar-refractivity contribution in [2.45, 2.75) is 38.1 Å². The van der Waals surface area contributed by atoms with Crippen molar-refractivity contribution in [3.63, 3.8) is 0 Å². The van der Waals surface area contributed by atoms with Gasteiger partial charge in [0.1, 0.15) is 5.82 Å². The zero-order valence-corrected chi connectivity index (χ0v) is 12.7. The Hall–Kier alpha value is -1.91. The number of hydrogen-bond donors (Lipinski definition) is 0. The monoisotopic (exact) mass is 295 g/mol. The lowest BCUT2D eigenvalue weighted by molar-refractivity contribution is 0.157. The highest BCUT2D eigenvalue weighted by atomic mass is 15.3. The zero-order valence-electron chi connectivity index (χ0n) is 12.7. The minimum atomic E-state index is 0.665. The summed E-state index contributed by atoms with van der Waals surface area (Å²) < 4.78 is 1.79. The summed E-state index contributed by atoms with van der Waals surface area (Å²) in [5, 5.41) is 4.27. The van der Waals surface area contributed by atoms with Gasteiger partial charge >= 0.3 is 0 Å². The van der Waals surface area contributed by atoms with Gasteiger partial charge in [0.15, 0.2) is 5.82 Å². The van der Waals surface area contributed by atoms with E-state index in [1.165, 1.54) is 32.1 Å². The molecule has 2 saturated carbocycles. The molecule has 4 fully saturated rings. The third-order valence-electron chi connectivity index (χ3n) is 5.75. The fourth-order valence-electron chi connectivity index (χ4n) is 5.06. The van der Waals surface area contributed by atoms with E-state index in [1.54, 1.807) is 17.1 Å². The van der Waals surface area contributed by atoms with E-state index in [2.05, 4.69) is 15.0 Å². The SMILES string of the molecule is c1cnn(-c2cncc(N3CC4C[C@@H]5CC3C[C@H](C4)C5)n2)c1. The molecule has 4 bridgehead atoms. The van der Waals surface area contributed by atoms with Crippen LogP contribution in [0.25, 0.3) is 5.82 Å². The van der Waals surface area contributed by atoms with E-state index in [4.69, 9.17) is 4.98 Å². The molecule has 2 aromatic heterocycles. The molecule has 5 nitrogen and oxygen atoms in total. The van der Waals surface area contributed by atoms with E-state index in [-0.39, 0.29) is 0 Å². The van der Waals surface area contributed by atoms with Gasteiger partial charge in [0.2, 0.25) is 0 Å². The molecular weight excluding hydrogens is 274 g/mol. The summed E-state index contributed by atoms with van der Waals surface area (Å²) in [5.41, 5.74) is 0. The largest absolute Gasteiger partial charge is 0.352 e. The van der Waals surface area contributed by atoms with Crippen LogP contribution in [-0.2, 0) is 0 Å². The Labute approximate surface area is 130 Å². The molecule has 22 heavy (non-hydrogen) atoms. The van der Waals surface area contributed by atoms with Crippen LogP contribution >= 0.6 is 0 Å². The van der Waals surface area contributed by atoms with E-state index in [9.17, 15) is 0 Å². The van der Waals surface area contributed by atoms with E-state index in [1.807, 2.05) is 18.5 Å². The maximum atomic E-state index is 4.84. The third-order valence-corrected chi connectivity index (χ3v) is 5.75. The molecule has 0 amide bonds. The van der Waals surface area contributed by atoms with Gasteiger partial charge in [-0.05, 0) is 55.9 Å². The predicted molar refractivity (Wildman–Crippen MR) is 83.8 cm³/mol. The van der Waals surface area contributed by atoms with E-state index >= 15 is 0 Å². The molecular formula is C17H21N5. The van der Waals surface area contributed by atoms with Crippen LogP contribution in [0.2, 0.25) is 0 Å². The second-order valence-electron chi connectivity index (χ2n) is 7.27. The summed E-state index contributed by atoms with van der Waals surface area (Å²) in [4.78, 5) is 11.8. The van der Waals surface area contributed by atoms with E-state index < -0.39 is 0 Å². The van der Waals surface area contributed by atoms with Crippen molar-refractivity contribution < 1.29 is 0 Å². The third kappa shape index (κ3) is 2.02. The molecule has 2 aliphatic heterocycles. The minimum Gasteiger partial charge on any atom is -0.352 e. The topological polar surface area (TPSA) is 46.8 Å². The van der Waals surface area contributed by atoms with Crippen LogP contribution in [0.5, 0.6) is 0 Å². The molecule has 5 heteroatoms. The molecule has 114 valence electrons. The Morgan fingerprint density at radius 2 is 1.68 bits per heavy atom. The van der Waals surface area contributed by atoms with Gasteiger partial charge in [0, 0.05) is 25.0 Å². The van der Waals surface area contributed by atoms with Crippen LogP contribution in [-0.4, -0.2) is 32.3 Å². The first-order valence-electron chi connectivity index (χ1n) is 8.44. The van der Waals surface area contributed by atoms with E-state index in [0.29, 0.717) is 6.04 Å². The highest BCUT2D eigenvalue weighted by Gasteiger charge is 2.43. The van der Waals surface area contributed by atoms with Gasteiger partial charge in [-0.25, -0.2) is 9.67 Å². The Morgan fingerprint density at radius 3 is 2.45 bits per heavy atom. The van der Waals surface area contributed by atoms with Gasteiger partial charge in [-0.15, -0.1) is 0 Å². The number of aromatic nitrogens is 4. The second kappa shape index (κ2) is 4.80. The molecule has 4 aliphatic rings. The van der Waals surface area contributed by atoms with Gasteiger partial charge in [0.25, 0.3) is 0 Å². The highest BCUT2D eigenvalue weighted by molar-refractivity contribution is 5.41. The maximum absolute atomic E-state index is 4.84. The van der Waals surface area contributed by atoms with Crippen LogP contribution < -0.4 is 4.90 Å². The molecule has 2 aliphatic carbocycles. The molecule has 0 spiro atoms. The van der Waals surface area contributed by atoms with Crippen LogP contribution in [0.3, 0.4) is 0 Å². The molecule has 4 atom stereocenters. The quantitative estimate of drug-likeness (QED) is 0.854. The van der Waals surface area contributed by atoms with Crippen LogP contribution in [0, 0.1) is 17.8 Å². The average Bonchev–Trinajstić information content (AvgIpc) is 2.99. The molecule has 4 heterocycles. The molecule has 2 aromatic rings. The van der Waals surface area contributed by atoms with Crippen LogP contribution in [0.15, 0.2) is 30.9 Å². The highest BCUT2D eigenvalue weighted by Crippen LogP contribution is 2.48. The number of fused-ring (bicyclic) bond motifs is 1. The van der Waals surface area contributed by atoms with Crippen LogP contribution in [0.4, 0.5) is 5.82 Å². The normalized spacial score (nSPS) is 33.2.